The first-order valence-electron chi connectivity index (χ1n) is 5.89. The number of amides is 1. The fourth-order valence-corrected chi connectivity index (χ4v) is 3.06. The van der Waals surface area contributed by atoms with Gasteiger partial charge in [0.05, 0.1) is 4.92 Å². The Morgan fingerprint density at radius 1 is 1.43 bits per heavy atom. The summed E-state index contributed by atoms with van der Waals surface area (Å²) < 4.78 is 22.8. The molecular formula is C11H12Cl2N2O5S. The average Bonchev–Trinajstić information content (AvgIpc) is 2.37. The molecule has 0 aliphatic rings. The lowest BCUT2D eigenvalue weighted by molar-refractivity contribution is -0.384. The summed E-state index contributed by atoms with van der Waals surface area (Å²) in [6.07, 6.45) is 1.57. The van der Waals surface area contributed by atoms with Gasteiger partial charge in [-0.15, -0.1) is 0 Å². The number of carbonyl (C=O) groups is 1. The van der Waals surface area contributed by atoms with Crippen LogP contribution in [0.25, 0.3) is 0 Å². The van der Waals surface area contributed by atoms with Crippen LogP contribution in [0.3, 0.4) is 0 Å². The maximum absolute atomic E-state index is 11.9. The zero-order chi connectivity index (χ0) is 16.2. The Labute approximate surface area is 130 Å². The van der Waals surface area contributed by atoms with Gasteiger partial charge in [0.15, 0.2) is 0 Å². The zero-order valence-corrected chi connectivity index (χ0v) is 13.3. The molecule has 0 aliphatic heterocycles. The molecule has 0 heterocycles. The van der Waals surface area contributed by atoms with Gasteiger partial charge in [-0.2, -0.15) is 0 Å². The van der Waals surface area contributed by atoms with Gasteiger partial charge in [-0.1, -0.05) is 24.9 Å². The van der Waals surface area contributed by atoms with Crippen molar-refractivity contribution in [3.8, 4) is 0 Å². The Bertz CT molecular complexity index is 675. The van der Waals surface area contributed by atoms with Gasteiger partial charge in [0, 0.05) is 28.9 Å². The van der Waals surface area contributed by atoms with Crippen molar-refractivity contribution >= 4 is 42.9 Å². The van der Waals surface area contributed by atoms with Crippen LogP contribution in [0, 0.1) is 10.1 Å². The van der Waals surface area contributed by atoms with Crippen LogP contribution in [0.2, 0.25) is 5.02 Å². The second-order valence-electron chi connectivity index (χ2n) is 4.11. The average molecular weight is 355 g/mol. The molecule has 0 aliphatic carbocycles. The van der Waals surface area contributed by atoms with Crippen LogP contribution >= 0.6 is 22.3 Å². The smallest absolute Gasteiger partial charge is 0.290 e. The van der Waals surface area contributed by atoms with E-state index in [0.29, 0.717) is 6.54 Å². The molecular weight excluding hydrogens is 343 g/mol. The van der Waals surface area contributed by atoms with E-state index in [1.54, 1.807) is 0 Å². The van der Waals surface area contributed by atoms with Crippen LogP contribution in [0.5, 0.6) is 0 Å². The number of rotatable bonds is 6. The Balaban J connectivity index is 3.31. The number of carbonyl (C=O) groups excluding carboxylic acids is 1. The standard InChI is InChI=1S/C11H12Cl2N2O5S/c1-2-3-4-14-11(16)7-5-8(15(17)18)10(12)9(6-7)21(13,19)20/h5-6H,2-4H2,1H3,(H,14,16). The highest BCUT2D eigenvalue weighted by Gasteiger charge is 2.26. The van der Waals surface area contributed by atoms with Gasteiger partial charge in [0.25, 0.3) is 20.6 Å². The van der Waals surface area contributed by atoms with Gasteiger partial charge in [-0.3, -0.25) is 14.9 Å². The highest BCUT2D eigenvalue weighted by molar-refractivity contribution is 8.13. The topological polar surface area (TPSA) is 106 Å². The molecule has 0 spiro atoms. The van der Waals surface area contributed by atoms with Crippen LogP contribution in [0.1, 0.15) is 30.1 Å². The lowest BCUT2D eigenvalue weighted by Gasteiger charge is -2.07. The molecule has 1 aromatic rings. The predicted molar refractivity (Wildman–Crippen MR) is 78.4 cm³/mol. The number of nitro groups is 1. The number of nitro benzene ring substituents is 1. The van der Waals surface area contributed by atoms with Crippen molar-refractivity contribution in [3.63, 3.8) is 0 Å². The molecule has 10 heteroatoms. The van der Waals surface area contributed by atoms with Crippen molar-refractivity contribution in [2.24, 2.45) is 0 Å². The molecule has 1 N–H and O–H groups in total. The van der Waals surface area contributed by atoms with Crippen LogP contribution < -0.4 is 5.32 Å². The molecule has 0 saturated carbocycles. The number of halogens is 2. The molecule has 0 radical (unpaired) electrons. The molecule has 21 heavy (non-hydrogen) atoms. The molecule has 7 nitrogen and oxygen atoms in total. The van der Waals surface area contributed by atoms with E-state index in [1.807, 2.05) is 6.92 Å². The predicted octanol–water partition coefficient (Wildman–Crippen LogP) is 2.71. The zero-order valence-electron chi connectivity index (χ0n) is 10.9. The summed E-state index contributed by atoms with van der Waals surface area (Å²) >= 11 is 5.65. The van der Waals surface area contributed by atoms with Crippen molar-refractivity contribution in [2.45, 2.75) is 24.7 Å². The van der Waals surface area contributed by atoms with Crippen LogP contribution in [0.15, 0.2) is 17.0 Å². The van der Waals surface area contributed by atoms with E-state index in [9.17, 15) is 23.3 Å². The van der Waals surface area contributed by atoms with Gasteiger partial charge in [-0.25, -0.2) is 8.42 Å². The highest BCUT2D eigenvalue weighted by atomic mass is 35.7. The van der Waals surface area contributed by atoms with E-state index in [2.05, 4.69) is 5.32 Å². The largest absolute Gasteiger partial charge is 0.352 e. The summed E-state index contributed by atoms with van der Waals surface area (Å²) in [4.78, 5) is 21.2. The third-order valence-corrected chi connectivity index (χ3v) is 4.41. The van der Waals surface area contributed by atoms with E-state index < -0.39 is 35.5 Å². The van der Waals surface area contributed by atoms with Gasteiger partial charge < -0.3 is 5.32 Å². The first-order valence-corrected chi connectivity index (χ1v) is 8.58. The van der Waals surface area contributed by atoms with E-state index in [1.165, 1.54) is 0 Å². The fraction of sp³-hybridized carbons (Fsp3) is 0.364. The summed E-state index contributed by atoms with van der Waals surface area (Å²) in [7, 11) is 0.863. The highest BCUT2D eigenvalue weighted by Crippen LogP contribution is 2.34. The third-order valence-electron chi connectivity index (χ3n) is 2.56. The Morgan fingerprint density at radius 2 is 2.05 bits per heavy atom. The minimum absolute atomic E-state index is 0.193. The molecule has 0 fully saturated rings. The minimum atomic E-state index is -4.31. The summed E-state index contributed by atoms with van der Waals surface area (Å²) in [5, 5.41) is 12.8. The van der Waals surface area contributed by atoms with Gasteiger partial charge in [0.2, 0.25) is 0 Å². The molecule has 116 valence electrons. The maximum atomic E-state index is 11.9. The van der Waals surface area contributed by atoms with Crippen molar-refractivity contribution in [2.75, 3.05) is 6.54 Å². The molecule has 1 amide bonds. The molecule has 0 saturated heterocycles. The lowest BCUT2D eigenvalue weighted by atomic mass is 10.2. The van der Waals surface area contributed by atoms with E-state index >= 15 is 0 Å². The van der Waals surface area contributed by atoms with Gasteiger partial charge in [0.1, 0.15) is 9.92 Å². The first-order chi connectivity index (χ1) is 9.68. The Kier molecular flexibility index (Phi) is 5.94. The van der Waals surface area contributed by atoms with Crippen molar-refractivity contribution in [3.05, 3.63) is 32.8 Å². The van der Waals surface area contributed by atoms with Crippen LogP contribution in [0.4, 0.5) is 5.69 Å². The summed E-state index contributed by atoms with van der Waals surface area (Å²) in [6.45, 7) is 2.30. The second-order valence-corrected chi connectivity index (χ2v) is 7.02. The summed E-state index contributed by atoms with van der Waals surface area (Å²) in [5.41, 5.74) is -0.888. The third kappa shape index (κ3) is 4.55. The normalized spacial score (nSPS) is 11.2. The van der Waals surface area contributed by atoms with E-state index in [-0.39, 0.29) is 5.56 Å². The monoisotopic (exact) mass is 354 g/mol. The summed E-state index contributed by atoms with van der Waals surface area (Å²) in [6, 6.07) is 1.83. The molecule has 1 aromatic carbocycles. The Hall–Kier alpha value is -1.38. The molecule has 1 rings (SSSR count). The van der Waals surface area contributed by atoms with Gasteiger partial charge in [-0.05, 0) is 12.5 Å². The van der Waals surface area contributed by atoms with Crippen LogP contribution in [-0.4, -0.2) is 25.8 Å². The van der Waals surface area contributed by atoms with Gasteiger partial charge >= 0.3 is 0 Å². The molecule has 0 unspecified atom stereocenters. The Morgan fingerprint density at radius 3 is 2.52 bits per heavy atom. The fourth-order valence-electron chi connectivity index (χ4n) is 1.51. The van der Waals surface area contributed by atoms with Crippen LogP contribution in [-0.2, 0) is 9.05 Å². The minimum Gasteiger partial charge on any atom is -0.352 e. The second kappa shape index (κ2) is 7.06. The number of benzene rings is 1. The van der Waals surface area contributed by atoms with Crippen molar-refractivity contribution < 1.29 is 18.1 Å². The molecule has 0 bridgehead atoms. The van der Waals surface area contributed by atoms with E-state index in [4.69, 9.17) is 22.3 Å². The summed E-state index contributed by atoms with van der Waals surface area (Å²) in [5.74, 6) is -0.634. The number of unbranched alkanes of at least 4 members (excludes halogenated alkanes) is 1. The quantitative estimate of drug-likeness (QED) is 0.365. The number of hydrogen-bond acceptors (Lipinski definition) is 5. The van der Waals surface area contributed by atoms with E-state index in [0.717, 1.165) is 25.0 Å². The molecule has 0 aromatic heterocycles. The lowest BCUT2D eigenvalue weighted by Crippen LogP contribution is -2.24. The van der Waals surface area contributed by atoms with Crippen molar-refractivity contribution in [1.29, 1.82) is 0 Å². The maximum Gasteiger partial charge on any atom is 0.290 e. The SMILES string of the molecule is CCCCNC(=O)c1cc([N+](=O)[O-])c(Cl)c(S(=O)(=O)Cl)c1. The number of nitrogens with one attached hydrogen (secondary N) is 1. The molecule has 0 atom stereocenters. The number of hydrogen-bond donors (Lipinski definition) is 1. The first kappa shape index (κ1) is 17.7. The number of nitrogens with zero attached hydrogens (tertiary/aromatic N) is 1. The van der Waals surface area contributed by atoms with Crippen molar-refractivity contribution in [1.82, 2.24) is 5.32 Å².